The number of carboxylic acid groups (broad SMARTS) is 1. The van der Waals surface area contributed by atoms with Crippen molar-refractivity contribution < 1.29 is 19.4 Å². The maximum atomic E-state index is 12.9. The van der Waals surface area contributed by atoms with Gasteiger partial charge in [-0.25, -0.2) is 19.7 Å². The quantitative estimate of drug-likeness (QED) is 0.232. The molecule has 4 aromatic rings. The molecule has 216 valence electrons. The number of anilines is 2. The Labute approximate surface area is 244 Å². The molecule has 1 aliphatic carbocycles. The number of rotatable bonds is 7. The summed E-state index contributed by atoms with van der Waals surface area (Å²) in [5.74, 6) is 1.62. The van der Waals surface area contributed by atoms with Crippen molar-refractivity contribution in [2.75, 3.05) is 23.7 Å². The molecule has 3 heterocycles. The molecule has 0 bridgehead atoms. The number of nitrogens with one attached hydrogen (secondary N) is 2. The molecule has 2 amide bonds. The molecule has 1 unspecified atom stereocenters. The van der Waals surface area contributed by atoms with Crippen LogP contribution in [0, 0.1) is 12.8 Å². The molecule has 1 saturated carbocycles. The van der Waals surface area contributed by atoms with Crippen LogP contribution in [0.2, 0.25) is 0 Å². The van der Waals surface area contributed by atoms with Crippen LogP contribution in [0.4, 0.5) is 16.4 Å². The standard InChI is InChI=1S/C32H34N6O4/c1-20-13-14-23-24(10-4-12-26(23)36-29(39)21-7-2-3-8-21)28(20)42-30-25(11-5-16-33-30)27-15-17-34-31(37-27)35-22-9-6-18-38(19-22)32(40)41/h4-5,10-17,21-22H,2-3,6-9,18-19H2,1H3,(H,36,39)(H,40,41)(H,34,35,37). The molecule has 10 nitrogen and oxygen atoms in total. The first-order valence-corrected chi connectivity index (χ1v) is 14.5. The Kier molecular flexibility index (Phi) is 7.85. The number of ether oxygens (including phenoxy) is 1. The second kappa shape index (κ2) is 12.0. The molecule has 2 aromatic heterocycles. The average Bonchev–Trinajstić information content (AvgIpc) is 3.55. The largest absolute Gasteiger partial charge is 0.465 e. The summed E-state index contributed by atoms with van der Waals surface area (Å²) in [7, 11) is 0. The van der Waals surface area contributed by atoms with Gasteiger partial charge in [0.25, 0.3) is 0 Å². The lowest BCUT2D eigenvalue weighted by molar-refractivity contribution is -0.119. The lowest BCUT2D eigenvalue weighted by Gasteiger charge is -2.31. The van der Waals surface area contributed by atoms with Gasteiger partial charge < -0.3 is 25.4 Å². The van der Waals surface area contributed by atoms with E-state index >= 15 is 0 Å². The monoisotopic (exact) mass is 566 g/mol. The summed E-state index contributed by atoms with van der Waals surface area (Å²) < 4.78 is 6.52. The predicted octanol–water partition coefficient (Wildman–Crippen LogP) is 6.48. The Morgan fingerprint density at radius 2 is 1.81 bits per heavy atom. The van der Waals surface area contributed by atoms with Gasteiger partial charge in [-0.15, -0.1) is 0 Å². The van der Waals surface area contributed by atoms with E-state index < -0.39 is 6.09 Å². The minimum absolute atomic E-state index is 0.0685. The molecule has 1 atom stereocenters. The minimum atomic E-state index is -0.916. The van der Waals surface area contributed by atoms with Crippen LogP contribution in [0.15, 0.2) is 60.9 Å². The highest BCUT2D eigenvalue weighted by molar-refractivity contribution is 6.05. The topological polar surface area (TPSA) is 130 Å². The van der Waals surface area contributed by atoms with Gasteiger partial charge in [-0.1, -0.05) is 37.1 Å². The van der Waals surface area contributed by atoms with E-state index in [1.807, 2.05) is 49.4 Å². The number of pyridine rings is 1. The zero-order chi connectivity index (χ0) is 29.1. The van der Waals surface area contributed by atoms with Crippen molar-refractivity contribution in [3.05, 3.63) is 66.5 Å². The van der Waals surface area contributed by atoms with Gasteiger partial charge in [-0.2, -0.15) is 0 Å². The number of aromatic nitrogens is 3. The number of aryl methyl sites for hydroxylation is 1. The third-order valence-corrected chi connectivity index (χ3v) is 8.12. The highest BCUT2D eigenvalue weighted by Crippen LogP contribution is 2.39. The summed E-state index contributed by atoms with van der Waals surface area (Å²) in [6, 6.07) is 15.3. The Bertz CT molecular complexity index is 1620. The van der Waals surface area contributed by atoms with Crippen LogP contribution in [0.25, 0.3) is 22.0 Å². The third kappa shape index (κ3) is 5.83. The Balaban J connectivity index is 1.27. The van der Waals surface area contributed by atoms with Crippen molar-refractivity contribution in [1.29, 1.82) is 0 Å². The highest BCUT2D eigenvalue weighted by atomic mass is 16.5. The molecule has 6 rings (SSSR count). The van der Waals surface area contributed by atoms with Crippen LogP contribution in [0.5, 0.6) is 11.6 Å². The molecule has 42 heavy (non-hydrogen) atoms. The third-order valence-electron chi connectivity index (χ3n) is 8.12. The second-order valence-electron chi connectivity index (χ2n) is 11.0. The number of piperidine rings is 1. The lowest BCUT2D eigenvalue weighted by Crippen LogP contribution is -2.44. The summed E-state index contributed by atoms with van der Waals surface area (Å²) in [5.41, 5.74) is 3.03. The number of amides is 2. The Hall–Kier alpha value is -4.73. The number of fused-ring (bicyclic) bond motifs is 1. The molecule has 2 aromatic carbocycles. The van der Waals surface area contributed by atoms with Crippen LogP contribution in [-0.2, 0) is 4.79 Å². The van der Waals surface area contributed by atoms with E-state index in [-0.39, 0.29) is 17.9 Å². The normalized spacial score (nSPS) is 17.3. The van der Waals surface area contributed by atoms with Crippen molar-refractivity contribution in [1.82, 2.24) is 19.9 Å². The number of hydrogen-bond acceptors (Lipinski definition) is 7. The van der Waals surface area contributed by atoms with Gasteiger partial charge in [-0.05, 0) is 62.4 Å². The van der Waals surface area contributed by atoms with E-state index in [0.717, 1.165) is 60.5 Å². The molecule has 2 aliphatic rings. The average molecular weight is 567 g/mol. The first-order chi connectivity index (χ1) is 20.5. The van der Waals surface area contributed by atoms with Crippen LogP contribution in [0.3, 0.4) is 0 Å². The van der Waals surface area contributed by atoms with E-state index in [2.05, 4.69) is 20.6 Å². The van der Waals surface area contributed by atoms with Crippen molar-refractivity contribution >= 4 is 34.4 Å². The van der Waals surface area contributed by atoms with Crippen molar-refractivity contribution in [2.24, 2.45) is 5.92 Å². The zero-order valence-electron chi connectivity index (χ0n) is 23.5. The maximum absolute atomic E-state index is 12.9. The van der Waals surface area contributed by atoms with E-state index in [9.17, 15) is 14.7 Å². The second-order valence-corrected chi connectivity index (χ2v) is 11.0. The fourth-order valence-electron chi connectivity index (χ4n) is 5.90. The van der Waals surface area contributed by atoms with E-state index in [4.69, 9.17) is 9.72 Å². The molecule has 1 saturated heterocycles. The summed E-state index contributed by atoms with van der Waals surface area (Å²) in [4.78, 5) is 39.4. The summed E-state index contributed by atoms with van der Waals surface area (Å²) >= 11 is 0. The summed E-state index contributed by atoms with van der Waals surface area (Å²) in [6.45, 7) is 2.90. The first-order valence-electron chi connectivity index (χ1n) is 14.5. The smallest absolute Gasteiger partial charge is 0.407 e. The molecule has 0 radical (unpaired) electrons. The van der Waals surface area contributed by atoms with Gasteiger partial charge in [0, 0.05) is 53.9 Å². The first kappa shape index (κ1) is 27.4. The Morgan fingerprint density at radius 1 is 0.952 bits per heavy atom. The highest BCUT2D eigenvalue weighted by Gasteiger charge is 2.25. The van der Waals surface area contributed by atoms with E-state index in [1.54, 1.807) is 18.5 Å². The van der Waals surface area contributed by atoms with Gasteiger partial charge in [-0.3, -0.25) is 4.79 Å². The SMILES string of the molecule is Cc1ccc2c(NC(=O)C3CCCC3)cccc2c1Oc1ncccc1-c1ccnc(NC2CCCN(C(=O)O)C2)n1. The fraction of sp³-hybridized carbons (Fsp3) is 0.344. The molecular formula is C32H34N6O4. The van der Waals surface area contributed by atoms with E-state index in [0.29, 0.717) is 41.9 Å². The van der Waals surface area contributed by atoms with Crippen LogP contribution in [-0.4, -0.2) is 56.1 Å². The molecule has 2 fully saturated rings. The number of hydrogen-bond donors (Lipinski definition) is 3. The summed E-state index contributed by atoms with van der Waals surface area (Å²) in [5, 5.41) is 17.6. The van der Waals surface area contributed by atoms with Crippen LogP contribution < -0.4 is 15.4 Å². The van der Waals surface area contributed by atoms with Gasteiger partial charge in [0.2, 0.25) is 17.7 Å². The minimum Gasteiger partial charge on any atom is -0.465 e. The number of carbonyl (C=O) groups excluding carboxylic acids is 1. The van der Waals surface area contributed by atoms with Gasteiger partial charge >= 0.3 is 6.09 Å². The van der Waals surface area contributed by atoms with Crippen LogP contribution in [0.1, 0.15) is 44.1 Å². The molecule has 3 N–H and O–H groups in total. The van der Waals surface area contributed by atoms with Crippen LogP contribution >= 0.6 is 0 Å². The summed E-state index contributed by atoms with van der Waals surface area (Å²) in [6.07, 6.45) is 8.12. The number of carbonyl (C=O) groups is 2. The Morgan fingerprint density at radius 3 is 2.64 bits per heavy atom. The molecule has 0 spiro atoms. The number of nitrogens with zero attached hydrogens (tertiary/aromatic N) is 4. The maximum Gasteiger partial charge on any atom is 0.407 e. The van der Waals surface area contributed by atoms with E-state index in [1.165, 1.54) is 4.90 Å². The molecular weight excluding hydrogens is 532 g/mol. The van der Waals surface area contributed by atoms with Crippen molar-refractivity contribution in [3.63, 3.8) is 0 Å². The lowest BCUT2D eigenvalue weighted by atomic mass is 10.0. The zero-order valence-corrected chi connectivity index (χ0v) is 23.5. The van der Waals surface area contributed by atoms with Crippen molar-refractivity contribution in [3.8, 4) is 22.9 Å². The molecule has 1 aliphatic heterocycles. The van der Waals surface area contributed by atoms with Crippen molar-refractivity contribution in [2.45, 2.75) is 51.5 Å². The van der Waals surface area contributed by atoms with Gasteiger partial charge in [0.1, 0.15) is 5.75 Å². The van der Waals surface area contributed by atoms with Gasteiger partial charge in [0.05, 0.1) is 11.3 Å². The van der Waals surface area contributed by atoms with Gasteiger partial charge in [0.15, 0.2) is 0 Å². The number of likely N-dealkylation sites (tertiary alicyclic amines) is 1. The molecule has 10 heteroatoms. The predicted molar refractivity (Wildman–Crippen MR) is 161 cm³/mol. The fourth-order valence-corrected chi connectivity index (χ4v) is 5.90. The number of benzene rings is 2.